The third-order valence-corrected chi connectivity index (χ3v) is 3.76. The maximum absolute atomic E-state index is 11.6. The van der Waals surface area contributed by atoms with E-state index in [2.05, 4.69) is 5.32 Å². The average molecular weight is 285 g/mol. The Hall–Kier alpha value is -1.89. The maximum Gasteiger partial charge on any atom is 0.318 e. The number of benzene rings is 1. The van der Waals surface area contributed by atoms with Gasteiger partial charge in [0.2, 0.25) is 5.91 Å². The van der Waals surface area contributed by atoms with E-state index in [1.54, 1.807) is 12.1 Å². The lowest BCUT2D eigenvalue weighted by atomic mass is 10.1. The highest BCUT2D eigenvalue weighted by atomic mass is 32.2. The van der Waals surface area contributed by atoms with Crippen molar-refractivity contribution in [3.63, 3.8) is 0 Å². The van der Waals surface area contributed by atoms with Crippen molar-refractivity contribution in [1.29, 1.82) is 0 Å². The van der Waals surface area contributed by atoms with Gasteiger partial charge in [-0.15, -0.1) is 0 Å². The van der Waals surface area contributed by atoms with E-state index < -0.39 is 33.2 Å². The first-order chi connectivity index (χ1) is 8.84. The van der Waals surface area contributed by atoms with Gasteiger partial charge in [-0.3, -0.25) is 9.59 Å². The summed E-state index contributed by atoms with van der Waals surface area (Å²) in [5, 5.41) is 10.9. The summed E-state index contributed by atoms with van der Waals surface area (Å²) in [5.41, 5.74) is 1.42. The molecule has 0 bridgehead atoms. The van der Waals surface area contributed by atoms with E-state index in [-0.39, 0.29) is 0 Å². The number of aliphatic carboxylic acids is 1. The lowest BCUT2D eigenvalue weighted by Crippen LogP contribution is -2.27. The van der Waals surface area contributed by atoms with Crippen molar-refractivity contribution < 1.29 is 23.1 Å². The first kappa shape index (κ1) is 15.2. The normalized spacial score (nSPS) is 11.0. The molecule has 0 aliphatic rings. The molecule has 0 saturated carbocycles. The number of carboxylic acid groups (broad SMARTS) is 1. The zero-order valence-electron chi connectivity index (χ0n) is 10.4. The number of nitrogens with one attached hydrogen (secondary N) is 1. The predicted molar refractivity (Wildman–Crippen MR) is 70.7 cm³/mol. The van der Waals surface area contributed by atoms with Crippen molar-refractivity contribution in [2.24, 2.45) is 0 Å². The van der Waals surface area contributed by atoms with Crippen LogP contribution in [0.5, 0.6) is 0 Å². The zero-order chi connectivity index (χ0) is 14.5. The van der Waals surface area contributed by atoms with E-state index in [0.29, 0.717) is 12.1 Å². The van der Waals surface area contributed by atoms with Gasteiger partial charge in [-0.25, -0.2) is 8.42 Å². The highest BCUT2D eigenvalue weighted by Crippen LogP contribution is 2.15. The molecule has 2 N–H and O–H groups in total. The fraction of sp³-hybridized carbons (Fsp3) is 0.333. The van der Waals surface area contributed by atoms with Crippen LogP contribution in [0.3, 0.4) is 0 Å². The Bertz CT molecular complexity index is 580. The molecule has 0 saturated heterocycles. The molecule has 104 valence electrons. The van der Waals surface area contributed by atoms with E-state index in [0.717, 1.165) is 5.56 Å². The van der Waals surface area contributed by atoms with E-state index in [1.807, 2.05) is 19.1 Å². The number of para-hydroxylation sites is 1. The van der Waals surface area contributed by atoms with Crippen LogP contribution in [0, 0.1) is 0 Å². The summed E-state index contributed by atoms with van der Waals surface area (Å²) in [7, 11) is -3.93. The van der Waals surface area contributed by atoms with E-state index in [4.69, 9.17) is 5.11 Å². The first-order valence-electron chi connectivity index (χ1n) is 5.64. The largest absolute Gasteiger partial charge is 0.480 e. The van der Waals surface area contributed by atoms with Gasteiger partial charge in [0.1, 0.15) is 11.5 Å². The average Bonchev–Trinajstić information content (AvgIpc) is 2.26. The number of hydrogen-bond acceptors (Lipinski definition) is 4. The molecule has 0 radical (unpaired) electrons. The quantitative estimate of drug-likeness (QED) is 0.800. The van der Waals surface area contributed by atoms with Crippen LogP contribution in [0.15, 0.2) is 24.3 Å². The lowest BCUT2D eigenvalue weighted by molar-refractivity contribution is -0.134. The van der Waals surface area contributed by atoms with Crippen molar-refractivity contribution in [3.05, 3.63) is 29.8 Å². The Morgan fingerprint density at radius 1 is 1.21 bits per heavy atom. The van der Waals surface area contributed by atoms with Gasteiger partial charge in [0.15, 0.2) is 9.84 Å². The molecule has 1 amide bonds. The smallest absolute Gasteiger partial charge is 0.318 e. The summed E-state index contributed by atoms with van der Waals surface area (Å²) < 4.78 is 22.7. The van der Waals surface area contributed by atoms with Crippen LogP contribution >= 0.6 is 0 Å². The molecule has 0 unspecified atom stereocenters. The van der Waals surface area contributed by atoms with Gasteiger partial charge in [-0.1, -0.05) is 25.1 Å². The molecule has 1 aromatic carbocycles. The van der Waals surface area contributed by atoms with E-state index in [9.17, 15) is 18.0 Å². The molecule has 0 aliphatic heterocycles. The number of carbonyl (C=O) groups excluding carboxylic acids is 1. The fourth-order valence-corrected chi connectivity index (χ4v) is 2.53. The zero-order valence-corrected chi connectivity index (χ0v) is 11.2. The summed E-state index contributed by atoms with van der Waals surface area (Å²) in [6.07, 6.45) is 0.693. The SMILES string of the molecule is CCc1ccccc1NC(=O)CS(=O)(=O)CC(=O)O. The molecule has 0 spiro atoms. The number of carbonyl (C=O) groups is 2. The summed E-state index contributed by atoms with van der Waals surface area (Å²) in [5.74, 6) is -4.09. The molecule has 0 atom stereocenters. The van der Waals surface area contributed by atoms with Gasteiger partial charge < -0.3 is 10.4 Å². The van der Waals surface area contributed by atoms with E-state index >= 15 is 0 Å². The Morgan fingerprint density at radius 2 is 1.84 bits per heavy atom. The van der Waals surface area contributed by atoms with Crippen molar-refractivity contribution in [2.45, 2.75) is 13.3 Å². The van der Waals surface area contributed by atoms with Crippen LogP contribution in [0.1, 0.15) is 12.5 Å². The van der Waals surface area contributed by atoms with Crippen LogP contribution in [-0.2, 0) is 25.8 Å². The molecule has 1 aromatic rings. The molecular formula is C12H15NO5S. The minimum Gasteiger partial charge on any atom is -0.480 e. The summed E-state index contributed by atoms with van der Waals surface area (Å²) in [4.78, 5) is 21.9. The number of amides is 1. The summed E-state index contributed by atoms with van der Waals surface area (Å²) in [6, 6.07) is 7.03. The first-order valence-corrected chi connectivity index (χ1v) is 7.46. The number of carboxylic acids is 1. The predicted octanol–water partition coefficient (Wildman–Crippen LogP) is 0.687. The molecule has 0 heterocycles. The molecule has 0 fully saturated rings. The maximum atomic E-state index is 11.6. The third kappa shape index (κ3) is 5.09. The fourth-order valence-electron chi connectivity index (χ4n) is 1.58. The second kappa shape index (κ2) is 6.33. The summed E-state index contributed by atoms with van der Waals surface area (Å²) in [6.45, 7) is 1.91. The molecule has 19 heavy (non-hydrogen) atoms. The standard InChI is InChI=1S/C12H15NO5S/c1-2-9-5-3-4-6-10(9)13-11(14)7-19(17,18)8-12(15)16/h3-6H,2,7-8H2,1H3,(H,13,14)(H,15,16). The second-order valence-electron chi connectivity index (χ2n) is 3.98. The number of hydrogen-bond donors (Lipinski definition) is 2. The number of aryl methyl sites for hydroxylation is 1. The number of sulfone groups is 1. The highest BCUT2D eigenvalue weighted by molar-refractivity contribution is 7.92. The van der Waals surface area contributed by atoms with Gasteiger partial charge >= 0.3 is 5.97 Å². The monoisotopic (exact) mass is 285 g/mol. The van der Waals surface area contributed by atoms with Gasteiger partial charge in [0.05, 0.1) is 0 Å². The summed E-state index contributed by atoms with van der Waals surface area (Å²) >= 11 is 0. The van der Waals surface area contributed by atoms with Gasteiger partial charge in [-0.2, -0.15) is 0 Å². The van der Waals surface area contributed by atoms with Crippen molar-refractivity contribution in [3.8, 4) is 0 Å². The number of rotatable bonds is 6. The topological polar surface area (TPSA) is 101 Å². The minimum atomic E-state index is -3.93. The third-order valence-electron chi connectivity index (χ3n) is 2.37. The molecule has 1 rings (SSSR count). The van der Waals surface area contributed by atoms with E-state index in [1.165, 1.54) is 0 Å². The molecule has 0 aromatic heterocycles. The Morgan fingerprint density at radius 3 is 2.42 bits per heavy atom. The Balaban J connectivity index is 2.73. The number of anilines is 1. The molecule has 6 nitrogen and oxygen atoms in total. The Labute approximate surface area is 111 Å². The van der Waals surface area contributed by atoms with Gasteiger partial charge in [-0.05, 0) is 18.1 Å². The van der Waals surface area contributed by atoms with Crippen LogP contribution < -0.4 is 5.32 Å². The van der Waals surface area contributed by atoms with Crippen LogP contribution in [0.4, 0.5) is 5.69 Å². The highest BCUT2D eigenvalue weighted by Gasteiger charge is 2.20. The van der Waals surface area contributed by atoms with Crippen molar-refractivity contribution in [1.82, 2.24) is 0 Å². The Kier molecular flexibility index (Phi) is 5.05. The van der Waals surface area contributed by atoms with Crippen molar-refractivity contribution in [2.75, 3.05) is 16.8 Å². The van der Waals surface area contributed by atoms with Crippen LogP contribution in [0.2, 0.25) is 0 Å². The van der Waals surface area contributed by atoms with Crippen LogP contribution in [0.25, 0.3) is 0 Å². The van der Waals surface area contributed by atoms with Gasteiger partial charge in [0, 0.05) is 5.69 Å². The lowest BCUT2D eigenvalue weighted by Gasteiger charge is -2.09. The molecule has 7 heteroatoms. The van der Waals surface area contributed by atoms with Crippen LogP contribution in [-0.4, -0.2) is 36.9 Å². The molecule has 0 aliphatic carbocycles. The molecular weight excluding hydrogens is 270 g/mol. The van der Waals surface area contributed by atoms with Crippen molar-refractivity contribution >= 4 is 27.4 Å². The second-order valence-corrected chi connectivity index (χ2v) is 6.05. The van der Waals surface area contributed by atoms with Gasteiger partial charge in [0.25, 0.3) is 0 Å². The minimum absolute atomic E-state index is 0.542.